The van der Waals surface area contributed by atoms with Crippen molar-refractivity contribution in [2.24, 2.45) is 17.3 Å². The van der Waals surface area contributed by atoms with Crippen LogP contribution in [-0.2, 0) is 6.42 Å². The number of methoxy groups -OCH3 is 2. The minimum atomic E-state index is -1.85. The molecular weight excluding hydrogens is 545 g/mol. The van der Waals surface area contributed by atoms with Crippen molar-refractivity contribution in [1.82, 2.24) is 9.97 Å². The number of ether oxygens (including phenoxy) is 2. The summed E-state index contributed by atoms with van der Waals surface area (Å²) >= 11 is 1.97. The molecule has 1 heterocycles. The van der Waals surface area contributed by atoms with E-state index in [0.717, 1.165) is 39.3 Å². The Hall–Kier alpha value is -2.25. The summed E-state index contributed by atoms with van der Waals surface area (Å²) in [4.78, 5) is 9.32. The molecular formula is C34H46N2O3SSi. The highest BCUT2D eigenvalue weighted by Gasteiger charge is 2.55. The number of hydrogen-bond acceptors (Lipinski definition) is 6. The van der Waals surface area contributed by atoms with Gasteiger partial charge in [-0.2, -0.15) is 0 Å². The van der Waals surface area contributed by atoms with Gasteiger partial charge in [-0.1, -0.05) is 33.8 Å². The molecule has 3 aliphatic carbocycles. The van der Waals surface area contributed by atoms with Gasteiger partial charge in [-0.3, -0.25) is 0 Å². The number of rotatable bonds is 6. The van der Waals surface area contributed by atoms with E-state index in [0.29, 0.717) is 22.3 Å². The first-order valence-electron chi connectivity index (χ1n) is 15.3. The molecule has 6 rings (SSSR count). The van der Waals surface area contributed by atoms with Crippen LogP contribution in [0.4, 0.5) is 0 Å². The Bertz CT molecular complexity index is 1450. The molecule has 0 spiro atoms. The van der Waals surface area contributed by atoms with E-state index in [1.54, 1.807) is 26.1 Å². The van der Waals surface area contributed by atoms with Gasteiger partial charge in [0, 0.05) is 16.7 Å². The summed E-state index contributed by atoms with van der Waals surface area (Å²) < 4.78 is 17.8. The number of benzene rings is 2. The number of nitrogens with zero attached hydrogens (tertiary/aromatic N) is 2. The van der Waals surface area contributed by atoms with Crippen molar-refractivity contribution in [3.63, 3.8) is 0 Å². The van der Waals surface area contributed by atoms with Crippen molar-refractivity contribution >= 4 is 31.0 Å². The molecule has 2 aromatic carbocycles. The van der Waals surface area contributed by atoms with E-state index in [1.807, 2.05) is 23.9 Å². The van der Waals surface area contributed by atoms with E-state index < -0.39 is 8.32 Å². The lowest BCUT2D eigenvalue weighted by Gasteiger charge is -2.51. The number of aryl methyl sites for hydroxylation is 1. The fourth-order valence-electron chi connectivity index (χ4n) is 7.80. The Labute approximate surface area is 251 Å². The van der Waals surface area contributed by atoms with Gasteiger partial charge in [-0.05, 0) is 109 Å². The second-order valence-electron chi connectivity index (χ2n) is 14.3. The van der Waals surface area contributed by atoms with Crippen LogP contribution in [0.2, 0.25) is 18.1 Å². The molecule has 0 bridgehead atoms. The van der Waals surface area contributed by atoms with Crippen LogP contribution in [0.15, 0.2) is 41.7 Å². The molecule has 220 valence electrons. The second kappa shape index (κ2) is 10.5. The summed E-state index contributed by atoms with van der Waals surface area (Å²) in [5, 5.41) is 2.88. The Kier molecular flexibility index (Phi) is 7.37. The van der Waals surface area contributed by atoms with Crippen LogP contribution in [0.5, 0.6) is 17.2 Å². The SMILES string of the molecule is COc1cc2ncnc(S[C@H]3CC[C@H]4[C@@H]5CCc6cc(O[Si](C)(C)C(C)(C)C)ccc6[C@H]5CC[C@]34C)c2cc1OC. The third kappa shape index (κ3) is 4.95. The zero-order valence-electron chi connectivity index (χ0n) is 26.0. The zero-order valence-corrected chi connectivity index (χ0v) is 27.9. The van der Waals surface area contributed by atoms with Crippen molar-refractivity contribution in [2.45, 2.75) is 101 Å². The highest BCUT2D eigenvalue weighted by Crippen LogP contribution is 2.64. The molecule has 1 aromatic heterocycles. The normalized spacial score (nSPS) is 27.6. The number of thioether (sulfide) groups is 1. The fourth-order valence-corrected chi connectivity index (χ4v) is 10.3. The summed E-state index contributed by atoms with van der Waals surface area (Å²) in [5.41, 5.74) is 4.36. The van der Waals surface area contributed by atoms with Crippen molar-refractivity contribution in [3.05, 3.63) is 47.8 Å². The third-order valence-corrected chi connectivity index (χ3v) is 17.1. The van der Waals surface area contributed by atoms with Crippen molar-refractivity contribution in [3.8, 4) is 17.2 Å². The largest absolute Gasteiger partial charge is 0.543 e. The van der Waals surface area contributed by atoms with Crippen LogP contribution in [-0.4, -0.2) is 37.8 Å². The minimum absolute atomic E-state index is 0.204. The summed E-state index contributed by atoms with van der Waals surface area (Å²) in [7, 11) is 1.51. The van der Waals surface area contributed by atoms with E-state index in [1.165, 1.54) is 44.1 Å². The molecule has 0 saturated heterocycles. The van der Waals surface area contributed by atoms with Gasteiger partial charge in [0.1, 0.15) is 17.1 Å². The smallest absolute Gasteiger partial charge is 0.250 e. The Morgan fingerprint density at radius 3 is 2.44 bits per heavy atom. The molecule has 41 heavy (non-hydrogen) atoms. The molecule has 0 amide bonds. The number of hydrogen-bond donors (Lipinski definition) is 0. The lowest BCUT2D eigenvalue weighted by Crippen LogP contribution is -2.44. The van der Waals surface area contributed by atoms with E-state index in [2.05, 4.69) is 64.0 Å². The molecule has 0 radical (unpaired) electrons. The Morgan fingerprint density at radius 2 is 1.71 bits per heavy atom. The van der Waals surface area contributed by atoms with Crippen LogP contribution < -0.4 is 13.9 Å². The average Bonchev–Trinajstić information content (AvgIpc) is 3.27. The van der Waals surface area contributed by atoms with Gasteiger partial charge in [0.05, 0.1) is 19.7 Å². The molecule has 0 unspecified atom stereocenters. The van der Waals surface area contributed by atoms with Gasteiger partial charge in [-0.25, -0.2) is 9.97 Å². The molecule has 3 aromatic rings. The quantitative estimate of drug-likeness (QED) is 0.211. The van der Waals surface area contributed by atoms with Crippen LogP contribution in [0.25, 0.3) is 10.9 Å². The Balaban J connectivity index is 1.22. The number of fused-ring (bicyclic) bond motifs is 6. The molecule has 2 fully saturated rings. The zero-order chi connectivity index (χ0) is 29.2. The van der Waals surface area contributed by atoms with E-state index in [-0.39, 0.29) is 5.04 Å². The maximum absolute atomic E-state index is 6.69. The van der Waals surface area contributed by atoms with E-state index in [9.17, 15) is 0 Å². The highest BCUT2D eigenvalue weighted by atomic mass is 32.2. The maximum atomic E-state index is 6.69. The molecule has 2 saturated carbocycles. The van der Waals surface area contributed by atoms with Crippen molar-refractivity contribution in [1.29, 1.82) is 0 Å². The predicted octanol–water partition coefficient (Wildman–Crippen LogP) is 9.05. The summed E-state index contributed by atoms with van der Waals surface area (Å²) in [5.74, 6) is 4.73. The third-order valence-electron chi connectivity index (χ3n) is 11.1. The monoisotopic (exact) mass is 590 g/mol. The van der Waals surface area contributed by atoms with Crippen LogP contribution in [0, 0.1) is 17.3 Å². The van der Waals surface area contributed by atoms with Crippen LogP contribution >= 0.6 is 11.8 Å². The van der Waals surface area contributed by atoms with Gasteiger partial charge >= 0.3 is 0 Å². The molecule has 7 heteroatoms. The standard InChI is InChI=1S/C34H46N2O3SSi/c1-33(2,3)41(7,8)39-22-10-12-23-21(17-22)9-11-25-24(23)15-16-34(4)27(25)13-14-31(34)40-32-26-18-29(37-5)30(38-6)19-28(26)35-20-36-32/h10,12,17-20,24-25,27,31H,9,11,13-16H2,1-8H3/t24-,25-,27+,31+,34+/m1/s1. The van der Waals surface area contributed by atoms with Crippen molar-refractivity contribution in [2.75, 3.05) is 14.2 Å². The Morgan fingerprint density at radius 1 is 0.951 bits per heavy atom. The van der Waals surface area contributed by atoms with Gasteiger partial charge in [0.15, 0.2) is 11.5 Å². The molecule has 5 nitrogen and oxygen atoms in total. The van der Waals surface area contributed by atoms with E-state index >= 15 is 0 Å². The summed E-state index contributed by atoms with van der Waals surface area (Å²) in [6.07, 6.45) is 9.29. The average molecular weight is 591 g/mol. The van der Waals surface area contributed by atoms with Crippen LogP contribution in [0.3, 0.4) is 0 Å². The van der Waals surface area contributed by atoms with E-state index in [4.69, 9.17) is 18.9 Å². The minimum Gasteiger partial charge on any atom is -0.543 e. The van der Waals surface area contributed by atoms with Gasteiger partial charge in [0.2, 0.25) is 8.32 Å². The fraction of sp³-hybridized carbons (Fsp3) is 0.588. The molecule has 3 aliphatic rings. The summed E-state index contributed by atoms with van der Waals surface area (Å²) in [6.45, 7) is 14.2. The molecule has 0 aliphatic heterocycles. The maximum Gasteiger partial charge on any atom is 0.250 e. The van der Waals surface area contributed by atoms with Gasteiger partial charge in [0.25, 0.3) is 0 Å². The first kappa shape index (κ1) is 28.8. The first-order chi connectivity index (χ1) is 19.4. The lowest BCUT2D eigenvalue weighted by atomic mass is 9.56. The highest BCUT2D eigenvalue weighted by molar-refractivity contribution is 8.00. The topological polar surface area (TPSA) is 53.5 Å². The molecule has 5 atom stereocenters. The first-order valence-corrected chi connectivity index (χ1v) is 19.1. The molecule has 0 N–H and O–H groups in total. The summed E-state index contributed by atoms with van der Waals surface area (Å²) in [6, 6.07) is 11.1. The van der Waals surface area contributed by atoms with Gasteiger partial charge < -0.3 is 13.9 Å². The second-order valence-corrected chi connectivity index (χ2v) is 20.2. The van der Waals surface area contributed by atoms with Crippen molar-refractivity contribution < 1.29 is 13.9 Å². The number of aromatic nitrogens is 2. The lowest BCUT2D eigenvalue weighted by molar-refractivity contribution is 0.0630. The van der Waals surface area contributed by atoms with Gasteiger partial charge in [-0.15, -0.1) is 11.8 Å². The van der Waals surface area contributed by atoms with Crippen LogP contribution in [0.1, 0.15) is 76.8 Å². The predicted molar refractivity (Wildman–Crippen MR) is 171 cm³/mol.